The highest BCUT2D eigenvalue weighted by Gasteiger charge is 2.09. The van der Waals surface area contributed by atoms with E-state index in [-0.39, 0.29) is 5.97 Å². The normalized spacial score (nSPS) is 10.9. The van der Waals surface area contributed by atoms with Crippen LogP contribution in [0.5, 0.6) is 5.75 Å². The van der Waals surface area contributed by atoms with Crippen LogP contribution in [-0.2, 0) is 4.79 Å². The lowest BCUT2D eigenvalue weighted by molar-refractivity contribution is -0.134. The molecule has 1 aromatic carbocycles. The maximum absolute atomic E-state index is 11.8. The number of ether oxygens (including phenoxy) is 1. The van der Waals surface area contributed by atoms with Crippen molar-refractivity contribution in [1.29, 1.82) is 0 Å². The Hall–Kier alpha value is -1.29. The van der Waals surface area contributed by atoms with Crippen LogP contribution in [-0.4, -0.2) is 11.0 Å². The summed E-state index contributed by atoms with van der Waals surface area (Å²) in [5.41, 5.74) is 0.963. The SMILES string of the molecule is CCCCCCCC(=O)Oc1c[nH]c2cc(Br)ccc12. The van der Waals surface area contributed by atoms with Crippen molar-refractivity contribution in [3.8, 4) is 5.75 Å². The first-order valence-corrected chi connectivity index (χ1v) is 7.97. The summed E-state index contributed by atoms with van der Waals surface area (Å²) in [5, 5.41) is 0.938. The fraction of sp³-hybridized carbons (Fsp3) is 0.438. The minimum Gasteiger partial charge on any atom is -0.424 e. The molecule has 0 spiro atoms. The number of unbranched alkanes of at least 4 members (excludes halogenated alkanes) is 4. The first kappa shape index (κ1) is 15.1. The van der Waals surface area contributed by atoms with E-state index in [0.717, 1.165) is 28.2 Å². The van der Waals surface area contributed by atoms with Crippen molar-refractivity contribution in [2.45, 2.75) is 45.4 Å². The minimum atomic E-state index is -0.148. The number of aromatic nitrogens is 1. The molecule has 0 radical (unpaired) electrons. The number of carbonyl (C=O) groups is 1. The Morgan fingerprint density at radius 3 is 2.85 bits per heavy atom. The van der Waals surface area contributed by atoms with E-state index in [1.54, 1.807) is 6.20 Å². The second-order valence-corrected chi connectivity index (χ2v) is 5.90. The van der Waals surface area contributed by atoms with Gasteiger partial charge in [0.25, 0.3) is 0 Å². The number of nitrogens with one attached hydrogen (secondary N) is 1. The van der Waals surface area contributed by atoms with Crippen LogP contribution in [0.3, 0.4) is 0 Å². The lowest BCUT2D eigenvalue weighted by Crippen LogP contribution is -2.07. The molecule has 0 unspecified atom stereocenters. The highest BCUT2D eigenvalue weighted by molar-refractivity contribution is 9.10. The molecule has 2 aromatic rings. The van der Waals surface area contributed by atoms with Gasteiger partial charge in [-0.3, -0.25) is 4.79 Å². The molecule has 0 saturated heterocycles. The number of hydrogen-bond acceptors (Lipinski definition) is 2. The molecule has 20 heavy (non-hydrogen) atoms. The number of aromatic amines is 1. The maximum atomic E-state index is 11.8. The largest absolute Gasteiger partial charge is 0.424 e. The highest BCUT2D eigenvalue weighted by Crippen LogP contribution is 2.28. The standard InChI is InChI=1S/C16H20BrNO2/c1-2-3-4-5-6-7-16(19)20-15-11-18-14-10-12(17)8-9-13(14)15/h8-11,18H,2-7H2,1H3. The number of esters is 1. The van der Waals surface area contributed by atoms with E-state index in [1.165, 1.54) is 19.3 Å². The van der Waals surface area contributed by atoms with Crippen molar-refractivity contribution in [2.24, 2.45) is 0 Å². The van der Waals surface area contributed by atoms with E-state index < -0.39 is 0 Å². The Balaban J connectivity index is 1.87. The van der Waals surface area contributed by atoms with Crippen molar-refractivity contribution >= 4 is 32.8 Å². The van der Waals surface area contributed by atoms with Gasteiger partial charge in [0, 0.05) is 22.5 Å². The van der Waals surface area contributed by atoms with Gasteiger partial charge in [0.2, 0.25) is 0 Å². The van der Waals surface area contributed by atoms with Crippen molar-refractivity contribution in [1.82, 2.24) is 4.98 Å². The van der Waals surface area contributed by atoms with Crippen LogP contribution in [0.25, 0.3) is 10.9 Å². The van der Waals surface area contributed by atoms with E-state index in [2.05, 4.69) is 27.8 Å². The van der Waals surface area contributed by atoms with E-state index >= 15 is 0 Å². The fourth-order valence-corrected chi connectivity index (χ4v) is 2.56. The molecule has 1 aromatic heterocycles. The van der Waals surface area contributed by atoms with Gasteiger partial charge in [0.1, 0.15) is 0 Å². The molecule has 108 valence electrons. The molecule has 0 atom stereocenters. The predicted octanol–water partition coefficient (Wildman–Crippen LogP) is 5.20. The molecule has 1 heterocycles. The molecule has 2 rings (SSSR count). The first-order chi connectivity index (χ1) is 9.70. The molecule has 1 N–H and O–H groups in total. The molecule has 0 saturated carbocycles. The zero-order valence-electron chi connectivity index (χ0n) is 11.7. The van der Waals surface area contributed by atoms with Crippen LogP contribution in [0.2, 0.25) is 0 Å². The summed E-state index contributed by atoms with van der Waals surface area (Å²) in [6, 6.07) is 5.86. The monoisotopic (exact) mass is 337 g/mol. The van der Waals surface area contributed by atoms with Crippen molar-refractivity contribution < 1.29 is 9.53 Å². The van der Waals surface area contributed by atoms with Crippen molar-refractivity contribution in [3.05, 3.63) is 28.9 Å². The number of hydrogen-bond donors (Lipinski definition) is 1. The summed E-state index contributed by atoms with van der Waals surface area (Å²) in [5.74, 6) is 0.469. The van der Waals surface area contributed by atoms with Gasteiger partial charge < -0.3 is 9.72 Å². The first-order valence-electron chi connectivity index (χ1n) is 7.18. The Morgan fingerprint density at radius 1 is 1.25 bits per heavy atom. The summed E-state index contributed by atoms with van der Waals surface area (Å²) in [6.07, 6.45) is 7.90. The quantitative estimate of drug-likeness (QED) is 0.557. The van der Waals surface area contributed by atoms with E-state index in [1.807, 2.05) is 18.2 Å². The van der Waals surface area contributed by atoms with Gasteiger partial charge in [-0.2, -0.15) is 0 Å². The number of rotatable bonds is 7. The molecule has 4 heteroatoms. The molecule has 3 nitrogen and oxygen atoms in total. The van der Waals surface area contributed by atoms with Crippen LogP contribution in [0.1, 0.15) is 45.4 Å². The molecule has 0 aliphatic heterocycles. The van der Waals surface area contributed by atoms with Crippen LogP contribution in [0.4, 0.5) is 0 Å². The van der Waals surface area contributed by atoms with Crippen molar-refractivity contribution in [3.63, 3.8) is 0 Å². The molecule has 0 aliphatic carbocycles. The Kier molecular flexibility index (Phi) is 5.65. The third-order valence-electron chi connectivity index (χ3n) is 3.31. The Bertz CT molecular complexity index is 577. The van der Waals surface area contributed by atoms with Crippen LogP contribution in [0, 0.1) is 0 Å². The average Bonchev–Trinajstić information content (AvgIpc) is 2.81. The lowest BCUT2D eigenvalue weighted by atomic mass is 10.1. The van der Waals surface area contributed by atoms with Crippen molar-refractivity contribution in [2.75, 3.05) is 0 Å². The summed E-state index contributed by atoms with van der Waals surface area (Å²) in [7, 11) is 0. The summed E-state index contributed by atoms with van der Waals surface area (Å²) < 4.78 is 6.43. The Labute approximate surface area is 127 Å². The Morgan fingerprint density at radius 2 is 2.05 bits per heavy atom. The molecular weight excluding hydrogens is 318 g/mol. The zero-order valence-corrected chi connectivity index (χ0v) is 13.3. The number of halogens is 1. The van der Waals surface area contributed by atoms with Gasteiger partial charge >= 0.3 is 5.97 Å². The summed E-state index contributed by atoms with van der Waals surface area (Å²) >= 11 is 3.42. The van der Waals surface area contributed by atoms with Gasteiger partial charge in [-0.25, -0.2) is 0 Å². The fourth-order valence-electron chi connectivity index (χ4n) is 2.20. The smallest absolute Gasteiger partial charge is 0.311 e. The molecule has 0 aliphatic rings. The molecular formula is C16H20BrNO2. The number of fused-ring (bicyclic) bond motifs is 1. The van der Waals surface area contributed by atoms with Crippen LogP contribution in [0.15, 0.2) is 28.9 Å². The maximum Gasteiger partial charge on any atom is 0.311 e. The topological polar surface area (TPSA) is 42.1 Å². The third-order valence-corrected chi connectivity index (χ3v) is 3.81. The number of carbonyl (C=O) groups excluding carboxylic acids is 1. The van der Waals surface area contributed by atoms with Gasteiger partial charge in [-0.05, 0) is 24.6 Å². The molecule has 0 bridgehead atoms. The van der Waals surface area contributed by atoms with Gasteiger partial charge in [0.05, 0.1) is 5.52 Å². The van der Waals surface area contributed by atoms with Gasteiger partial charge in [-0.15, -0.1) is 0 Å². The highest BCUT2D eigenvalue weighted by atomic mass is 79.9. The molecule has 0 amide bonds. The summed E-state index contributed by atoms with van der Waals surface area (Å²) in [4.78, 5) is 14.9. The predicted molar refractivity (Wildman–Crippen MR) is 85.0 cm³/mol. The number of H-pyrrole nitrogens is 1. The average molecular weight is 338 g/mol. The van der Waals surface area contributed by atoms with Gasteiger partial charge in [0.15, 0.2) is 5.75 Å². The lowest BCUT2D eigenvalue weighted by Gasteiger charge is -2.03. The van der Waals surface area contributed by atoms with Crippen LogP contribution < -0.4 is 4.74 Å². The van der Waals surface area contributed by atoms with E-state index in [4.69, 9.17) is 4.74 Å². The van der Waals surface area contributed by atoms with Gasteiger partial charge in [-0.1, -0.05) is 48.5 Å². The second-order valence-electron chi connectivity index (χ2n) is 4.98. The van der Waals surface area contributed by atoms with E-state index in [0.29, 0.717) is 12.2 Å². The number of benzene rings is 1. The summed E-state index contributed by atoms with van der Waals surface area (Å²) in [6.45, 7) is 2.18. The zero-order chi connectivity index (χ0) is 14.4. The van der Waals surface area contributed by atoms with E-state index in [9.17, 15) is 4.79 Å². The van der Waals surface area contributed by atoms with Crippen LogP contribution >= 0.6 is 15.9 Å². The third kappa shape index (κ3) is 4.10. The second kappa shape index (κ2) is 7.48. The molecule has 0 fully saturated rings. The minimum absolute atomic E-state index is 0.148.